The highest BCUT2D eigenvalue weighted by molar-refractivity contribution is 9.09. The number of halogens is 1. The highest BCUT2D eigenvalue weighted by Crippen LogP contribution is 2.15. The summed E-state index contributed by atoms with van der Waals surface area (Å²) in [6.07, 6.45) is 11.0. The summed E-state index contributed by atoms with van der Waals surface area (Å²) in [6.45, 7) is 0. The number of thiophene rings is 1. The van der Waals surface area contributed by atoms with Crippen LogP contribution in [0.2, 0.25) is 0 Å². The van der Waals surface area contributed by atoms with Crippen LogP contribution in [0.1, 0.15) is 67.5 Å². The lowest BCUT2D eigenvalue weighted by atomic mass is 10.1. The Morgan fingerprint density at radius 1 is 1.00 bits per heavy atom. The Kier molecular flexibility index (Phi) is 9.49. The van der Waals surface area contributed by atoms with Gasteiger partial charge in [-0.1, -0.05) is 60.5 Å². The van der Waals surface area contributed by atoms with Crippen LogP contribution in [-0.2, 0) is 0 Å². The minimum absolute atomic E-state index is 0.322. The van der Waals surface area contributed by atoms with Gasteiger partial charge in [-0.15, -0.1) is 11.3 Å². The van der Waals surface area contributed by atoms with Gasteiger partial charge in [-0.3, -0.25) is 4.79 Å². The smallest absolute Gasteiger partial charge is 0.172 e. The quantitative estimate of drug-likeness (QED) is 0.283. The first-order valence-corrected chi connectivity index (χ1v) is 8.97. The zero-order chi connectivity index (χ0) is 13.1. The minimum atomic E-state index is 0.322. The summed E-state index contributed by atoms with van der Waals surface area (Å²) in [5.74, 6) is 0.322. The maximum Gasteiger partial charge on any atom is 0.172 e. The first-order chi connectivity index (χ1) is 8.84. The van der Waals surface area contributed by atoms with Crippen LogP contribution < -0.4 is 0 Å². The van der Waals surface area contributed by atoms with Crippen molar-refractivity contribution in [3.63, 3.8) is 0 Å². The molecular formula is C15H23BrOS. The van der Waals surface area contributed by atoms with Crippen molar-refractivity contribution in [1.82, 2.24) is 0 Å². The topological polar surface area (TPSA) is 17.1 Å². The van der Waals surface area contributed by atoms with Crippen LogP contribution in [0, 0.1) is 0 Å². The van der Waals surface area contributed by atoms with Crippen LogP contribution in [0.4, 0.5) is 0 Å². The van der Waals surface area contributed by atoms with Gasteiger partial charge in [0.05, 0.1) is 4.88 Å². The fourth-order valence-electron chi connectivity index (χ4n) is 2.00. The van der Waals surface area contributed by atoms with Crippen LogP contribution in [0.25, 0.3) is 0 Å². The second-order valence-electron chi connectivity index (χ2n) is 4.67. The number of alkyl halides is 1. The summed E-state index contributed by atoms with van der Waals surface area (Å²) in [5.41, 5.74) is 0. The van der Waals surface area contributed by atoms with Gasteiger partial charge in [0.25, 0.3) is 0 Å². The SMILES string of the molecule is O=C(CCCCCCCCCCBr)c1cccs1. The second-order valence-corrected chi connectivity index (χ2v) is 6.41. The van der Waals surface area contributed by atoms with E-state index in [9.17, 15) is 4.79 Å². The lowest BCUT2D eigenvalue weighted by Gasteiger charge is -2.01. The lowest BCUT2D eigenvalue weighted by molar-refractivity contribution is 0.0983. The molecular weight excluding hydrogens is 308 g/mol. The molecule has 0 bridgehead atoms. The van der Waals surface area contributed by atoms with E-state index in [-0.39, 0.29) is 0 Å². The van der Waals surface area contributed by atoms with Crippen molar-refractivity contribution in [1.29, 1.82) is 0 Å². The summed E-state index contributed by atoms with van der Waals surface area (Å²) in [5, 5.41) is 3.11. The molecule has 0 radical (unpaired) electrons. The lowest BCUT2D eigenvalue weighted by Crippen LogP contribution is -1.95. The average Bonchev–Trinajstić information content (AvgIpc) is 2.90. The van der Waals surface area contributed by atoms with Crippen LogP contribution in [0.15, 0.2) is 17.5 Å². The van der Waals surface area contributed by atoms with Crippen molar-refractivity contribution in [2.45, 2.75) is 57.8 Å². The summed E-state index contributed by atoms with van der Waals surface area (Å²) in [6, 6.07) is 3.88. The molecule has 1 heterocycles. The van der Waals surface area contributed by atoms with E-state index in [1.54, 1.807) is 11.3 Å². The number of carbonyl (C=O) groups is 1. The number of Topliss-reactive ketones (excluding diaryl/α,β-unsaturated/α-hetero) is 1. The van der Waals surface area contributed by atoms with Crippen molar-refractivity contribution >= 4 is 33.0 Å². The third-order valence-electron chi connectivity index (χ3n) is 3.08. The largest absolute Gasteiger partial charge is 0.293 e. The first-order valence-electron chi connectivity index (χ1n) is 6.97. The molecule has 3 heteroatoms. The van der Waals surface area contributed by atoms with Crippen LogP contribution >= 0.6 is 27.3 Å². The maximum absolute atomic E-state index is 11.7. The van der Waals surface area contributed by atoms with Gasteiger partial charge in [0, 0.05) is 11.8 Å². The van der Waals surface area contributed by atoms with Crippen molar-refractivity contribution < 1.29 is 4.79 Å². The summed E-state index contributed by atoms with van der Waals surface area (Å²) in [7, 11) is 0. The molecule has 0 atom stereocenters. The van der Waals surface area contributed by atoms with Gasteiger partial charge in [-0.05, 0) is 24.3 Å². The van der Waals surface area contributed by atoms with E-state index in [2.05, 4.69) is 15.9 Å². The number of unbranched alkanes of at least 4 members (excludes halogenated alkanes) is 7. The summed E-state index contributed by atoms with van der Waals surface area (Å²) < 4.78 is 0. The van der Waals surface area contributed by atoms with E-state index in [4.69, 9.17) is 0 Å². The average molecular weight is 331 g/mol. The number of ketones is 1. The van der Waals surface area contributed by atoms with E-state index in [1.807, 2.05) is 17.5 Å². The van der Waals surface area contributed by atoms with Gasteiger partial charge in [-0.2, -0.15) is 0 Å². The van der Waals surface area contributed by atoms with Crippen molar-refractivity contribution in [2.75, 3.05) is 5.33 Å². The van der Waals surface area contributed by atoms with Gasteiger partial charge >= 0.3 is 0 Å². The molecule has 0 aliphatic rings. The van der Waals surface area contributed by atoms with E-state index in [0.29, 0.717) is 5.78 Å². The molecule has 0 aliphatic carbocycles. The normalized spacial score (nSPS) is 10.7. The zero-order valence-corrected chi connectivity index (χ0v) is 13.4. The predicted octanol–water partition coefficient (Wildman–Crippen LogP) is 5.84. The Hall–Kier alpha value is -0.150. The number of rotatable bonds is 11. The third kappa shape index (κ3) is 7.32. The molecule has 0 amide bonds. The Morgan fingerprint density at radius 3 is 2.17 bits per heavy atom. The number of hydrogen-bond acceptors (Lipinski definition) is 2. The second kappa shape index (κ2) is 10.7. The zero-order valence-electron chi connectivity index (χ0n) is 11.0. The van der Waals surface area contributed by atoms with Gasteiger partial charge < -0.3 is 0 Å². The Labute approximate surface area is 123 Å². The highest BCUT2D eigenvalue weighted by atomic mass is 79.9. The molecule has 0 N–H and O–H groups in total. The summed E-state index contributed by atoms with van der Waals surface area (Å²) >= 11 is 5.01. The van der Waals surface area contributed by atoms with Crippen LogP contribution in [0.3, 0.4) is 0 Å². The van der Waals surface area contributed by atoms with Gasteiger partial charge in [0.15, 0.2) is 5.78 Å². The molecule has 0 aliphatic heterocycles. The fraction of sp³-hybridized carbons (Fsp3) is 0.667. The van der Waals surface area contributed by atoms with Gasteiger partial charge in [0.2, 0.25) is 0 Å². The molecule has 1 nitrogen and oxygen atoms in total. The molecule has 18 heavy (non-hydrogen) atoms. The number of carbonyl (C=O) groups excluding carboxylic acids is 1. The van der Waals surface area contributed by atoms with Crippen LogP contribution in [-0.4, -0.2) is 11.1 Å². The van der Waals surface area contributed by atoms with E-state index in [1.165, 1.54) is 44.9 Å². The molecule has 102 valence electrons. The Morgan fingerprint density at radius 2 is 1.61 bits per heavy atom. The molecule has 1 rings (SSSR count). The Balaban J connectivity index is 1.88. The molecule has 1 aromatic rings. The molecule has 0 unspecified atom stereocenters. The summed E-state index contributed by atoms with van der Waals surface area (Å²) in [4.78, 5) is 12.6. The van der Waals surface area contributed by atoms with Crippen LogP contribution in [0.5, 0.6) is 0 Å². The van der Waals surface area contributed by atoms with E-state index >= 15 is 0 Å². The fourth-order valence-corrected chi connectivity index (χ4v) is 3.09. The maximum atomic E-state index is 11.7. The predicted molar refractivity (Wildman–Crippen MR) is 84.0 cm³/mol. The van der Waals surface area contributed by atoms with E-state index in [0.717, 1.165) is 23.0 Å². The molecule has 0 spiro atoms. The highest BCUT2D eigenvalue weighted by Gasteiger charge is 2.05. The molecule has 1 aromatic heterocycles. The molecule has 0 fully saturated rings. The molecule has 0 saturated carbocycles. The van der Waals surface area contributed by atoms with Crippen molar-refractivity contribution in [3.8, 4) is 0 Å². The monoisotopic (exact) mass is 330 g/mol. The van der Waals surface area contributed by atoms with Crippen molar-refractivity contribution in [3.05, 3.63) is 22.4 Å². The van der Waals surface area contributed by atoms with Gasteiger partial charge in [-0.25, -0.2) is 0 Å². The van der Waals surface area contributed by atoms with Crippen molar-refractivity contribution in [2.24, 2.45) is 0 Å². The molecule has 0 saturated heterocycles. The minimum Gasteiger partial charge on any atom is -0.293 e. The van der Waals surface area contributed by atoms with Gasteiger partial charge in [0.1, 0.15) is 0 Å². The van der Waals surface area contributed by atoms with E-state index < -0.39 is 0 Å². The Bertz CT molecular complexity index is 308. The third-order valence-corrected chi connectivity index (χ3v) is 4.56. The first kappa shape index (κ1) is 15.9. The molecule has 0 aromatic carbocycles. The number of hydrogen-bond donors (Lipinski definition) is 0. The standard InChI is InChI=1S/C15H23BrOS/c16-12-8-6-4-2-1-3-5-7-10-14(17)15-11-9-13-18-15/h9,11,13H,1-8,10,12H2.